The van der Waals surface area contributed by atoms with Gasteiger partial charge in [-0.15, -0.1) is 0 Å². The van der Waals surface area contributed by atoms with E-state index in [0.717, 1.165) is 98.0 Å². The lowest BCUT2D eigenvalue weighted by atomic mass is 9.85. The van der Waals surface area contributed by atoms with Crippen LogP contribution in [-0.4, -0.2) is 17.7 Å². The molecular weight excluding hydrogens is 534 g/mol. The summed E-state index contributed by atoms with van der Waals surface area (Å²) in [4.78, 5) is 38.0. The zero-order chi connectivity index (χ0) is 29.6. The van der Waals surface area contributed by atoms with Gasteiger partial charge in [0.25, 0.3) is 0 Å². The van der Waals surface area contributed by atoms with Gasteiger partial charge in [-0.05, 0) is 91.6 Å². The molecule has 3 aliphatic rings. The van der Waals surface area contributed by atoms with Gasteiger partial charge in [0.15, 0.2) is 0 Å². The van der Waals surface area contributed by atoms with Gasteiger partial charge in [-0.1, -0.05) is 74.2 Å². The van der Waals surface area contributed by atoms with E-state index in [-0.39, 0.29) is 41.4 Å². The fourth-order valence-electron chi connectivity index (χ4n) is 6.80. The van der Waals surface area contributed by atoms with Crippen molar-refractivity contribution in [2.75, 3.05) is 16.0 Å². The minimum absolute atomic E-state index is 0.0310. The van der Waals surface area contributed by atoms with Crippen LogP contribution < -0.4 is 16.0 Å². The molecule has 6 heteroatoms. The Labute approximate surface area is 254 Å². The number of nitrogens with one attached hydrogen (secondary N) is 3. The van der Waals surface area contributed by atoms with Crippen LogP contribution >= 0.6 is 0 Å². The fourth-order valence-corrected chi connectivity index (χ4v) is 6.80. The second-order valence-corrected chi connectivity index (χ2v) is 12.3. The van der Waals surface area contributed by atoms with Crippen molar-refractivity contribution >= 4 is 34.8 Å². The predicted octanol–water partition coefficient (Wildman–Crippen LogP) is 8.03. The number of amides is 3. The highest BCUT2D eigenvalue weighted by Crippen LogP contribution is 2.35. The molecule has 3 aromatic carbocycles. The van der Waals surface area contributed by atoms with E-state index in [0.29, 0.717) is 0 Å². The van der Waals surface area contributed by atoms with Crippen molar-refractivity contribution in [3.63, 3.8) is 0 Å². The summed E-state index contributed by atoms with van der Waals surface area (Å²) in [5.41, 5.74) is 5.67. The molecule has 2 saturated carbocycles. The molecule has 0 aromatic heterocycles. The highest BCUT2D eigenvalue weighted by molar-refractivity contribution is 5.94. The van der Waals surface area contributed by atoms with Gasteiger partial charge in [0.05, 0.1) is 5.92 Å². The number of anilines is 3. The molecule has 6 nitrogen and oxygen atoms in total. The molecule has 0 saturated heterocycles. The molecule has 222 valence electrons. The van der Waals surface area contributed by atoms with Crippen molar-refractivity contribution < 1.29 is 14.4 Å². The van der Waals surface area contributed by atoms with E-state index >= 15 is 0 Å². The third-order valence-electron chi connectivity index (χ3n) is 9.34. The molecule has 1 atom stereocenters. The average molecular weight is 576 g/mol. The van der Waals surface area contributed by atoms with Gasteiger partial charge in [-0.25, -0.2) is 0 Å². The molecular formula is C37H41N3O3. The highest BCUT2D eigenvalue weighted by atomic mass is 16.2. The second-order valence-electron chi connectivity index (χ2n) is 12.3. The maximum atomic E-state index is 12.7. The topological polar surface area (TPSA) is 87.3 Å². The van der Waals surface area contributed by atoms with Crippen LogP contribution in [0.4, 0.5) is 17.1 Å². The lowest BCUT2D eigenvalue weighted by Crippen LogP contribution is -2.20. The van der Waals surface area contributed by atoms with E-state index in [9.17, 15) is 14.4 Å². The normalized spacial score (nSPS) is 18.7. The van der Waals surface area contributed by atoms with E-state index in [1.807, 2.05) is 42.5 Å². The Kier molecular flexibility index (Phi) is 9.01. The van der Waals surface area contributed by atoms with Gasteiger partial charge in [-0.2, -0.15) is 0 Å². The van der Waals surface area contributed by atoms with Crippen molar-refractivity contribution in [1.29, 1.82) is 0 Å². The quantitative estimate of drug-likeness (QED) is 0.178. The maximum Gasteiger partial charge on any atom is 0.231 e. The smallest absolute Gasteiger partial charge is 0.231 e. The van der Waals surface area contributed by atoms with Crippen molar-refractivity contribution in [2.24, 2.45) is 17.8 Å². The number of benzene rings is 3. The van der Waals surface area contributed by atoms with Crippen molar-refractivity contribution in [1.82, 2.24) is 0 Å². The van der Waals surface area contributed by atoms with Gasteiger partial charge in [0.1, 0.15) is 0 Å². The summed E-state index contributed by atoms with van der Waals surface area (Å²) in [7, 11) is 0. The van der Waals surface area contributed by atoms with E-state index in [2.05, 4.69) is 58.4 Å². The lowest BCUT2D eigenvalue weighted by Gasteiger charge is -2.21. The molecule has 0 spiro atoms. The van der Waals surface area contributed by atoms with Gasteiger partial charge in [-0.3, -0.25) is 14.4 Å². The summed E-state index contributed by atoms with van der Waals surface area (Å²) in [6.07, 6.45) is 14.2. The first kappa shape index (κ1) is 28.9. The monoisotopic (exact) mass is 575 g/mol. The van der Waals surface area contributed by atoms with Gasteiger partial charge < -0.3 is 16.0 Å². The lowest BCUT2D eigenvalue weighted by molar-refractivity contribution is -0.120. The number of carbonyl (C=O) groups is 3. The van der Waals surface area contributed by atoms with Crippen molar-refractivity contribution in [2.45, 2.75) is 70.1 Å². The zero-order valence-electron chi connectivity index (χ0n) is 24.7. The van der Waals surface area contributed by atoms with Gasteiger partial charge >= 0.3 is 0 Å². The van der Waals surface area contributed by atoms with Crippen LogP contribution in [0, 0.1) is 17.8 Å². The highest BCUT2D eigenvalue weighted by Gasteiger charge is 2.25. The third-order valence-corrected chi connectivity index (χ3v) is 9.34. The number of carbonyl (C=O) groups excluding carboxylic acids is 3. The van der Waals surface area contributed by atoms with E-state index in [1.54, 1.807) is 0 Å². The third kappa shape index (κ3) is 7.07. The zero-order valence-corrected chi connectivity index (χ0v) is 24.7. The Morgan fingerprint density at radius 2 is 0.884 bits per heavy atom. The number of hydrogen-bond donors (Lipinski definition) is 3. The number of rotatable bonds is 9. The van der Waals surface area contributed by atoms with Crippen LogP contribution in [0.3, 0.4) is 0 Å². The van der Waals surface area contributed by atoms with Crippen LogP contribution in [0.25, 0.3) is 0 Å². The molecule has 0 radical (unpaired) electrons. The second kappa shape index (κ2) is 13.4. The first-order valence-corrected chi connectivity index (χ1v) is 15.9. The summed E-state index contributed by atoms with van der Waals surface area (Å²) in [5, 5.41) is 9.26. The first-order valence-electron chi connectivity index (χ1n) is 15.9. The summed E-state index contributed by atoms with van der Waals surface area (Å²) >= 11 is 0. The van der Waals surface area contributed by atoms with Crippen LogP contribution in [0.5, 0.6) is 0 Å². The number of allylic oxidation sites excluding steroid dienone is 1. The van der Waals surface area contributed by atoms with Crippen LogP contribution in [-0.2, 0) is 14.4 Å². The van der Waals surface area contributed by atoms with Gasteiger partial charge in [0.2, 0.25) is 17.7 Å². The molecule has 6 rings (SSSR count). The van der Waals surface area contributed by atoms with E-state index in [1.165, 1.54) is 0 Å². The summed E-state index contributed by atoms with van der Waals surface area (Å²) in [6, 6.07) is 24.3. The Bertz CT molecular complexity index is 1370. The Balaban J connectivity index is 1.22. The summed E-state index contributed by atoms with van der Waals surface area (Å²) in [6.45, 7) is 0. The minimum atomic E-state index is -0.0679. The van der Waals surface area contributed by atoms with Gasteiger partial charge in [0, 0.05) is 34.8 Å². The average Bonchev–Trinajstić information content (AvgIpc) is 3.84. The maximum absolute atomic E-state index is 12.7. The molecule has 0 bridgehead atoms. The molecule has 3 aliphatic carbocycles. The van der Waals surface area contributed by atoms with Crippen molar-refractivity contribution in [3.8, 4) is 0 Å². The largest absolute Gasteiger partial charge is 0.326 e. The predicted molar refractivity (Wildman–Crippen MR) is 172 cm³/mol. The molecule has 3 N–H and O–H groups in total. The first-order chi connectivity index (χ1) is 21.0. The van der Waals surface area contributed by atoms with E-state index < -0.39 is 0 Å². The van der Waals surface area contributed by atoms with Crippen LogP contribution in [0.15, 0.2) is 84.9 Å². The van der Waals surface area contributed by atoms with Crippen LogP contribution in [0.1, 0.15) is 86.8 Å². The molecule has 3 aromatic rings. The Morgan fingerprint density at radius 3 is 1.23 bits per heavy atom. The molecule has 0 heterocycles. The molecule has 3 amide bonds. The van der Waals surface area contributed by atoms with E-state index in [4.69, 9.17) is 0 Å². The molecule has 43 heavy (non-hydrogen) atoms. The van der Waals surface area contributed by atoms with Crippen molar-refractivity contribution in [3.05, 3.63) is 102 Å². The summed E-state index contributed by atoms with van der Waals surface area (Å²) in [5.74, 6) is 0.358. The number of hydrogen-bond acceptors (Lipinski definition) is 3. The molecule has 0 aliphatic heterocycles. The fraction of sp³-hybridized carbons (Fsp3) is 0.378. The Morgan fingerprint density at radius 1 is 0.512 bits per heavy atom. The SMILES string of the molecule is O=C(Nc1ccc(C(c2ccc(NC(=O)C3CCCC3)cc2)c2ccc(NC(=O)C3CCCC3)cc2)cc1)C1C=CCC1. The summed E-state index contributed by atoms with van der Waals surface area (Å²) < 4.78 is 0. The molecule has 2 fully saturated rings. The standard InChI is InChI=1S/C37H41N3O3/c41-35(28-7-1-2-8-28)38-31-19-13-25(14-20-31)34(26-15-21-32(22-16-26)39-36(42)29-9-3-4-10-29)27-17-23-33(24-18-27)40-37(43)30-11-5-6-12-30/h1,7,13-24,28-30,34H,2-6,8-12H2,(H,38,41)(H,39,42)(H,40,43). The Hall–Kier alpha value is -4.19. The van der Waals surface area contributed by atoms with Crippen LogP contribution in [0.2, 0.25) is 0 Å². The molecule has 1 unspecified atom stereocenters. The minimum Gasteiger partial charge on any atom is -0.326 e.